The normalized spacial score (nSPS) is 10.5. The Morgan fingerprint density at radius 3 is 2.57 bits per heavy atom. The van der Waals surface area contributed by atoms with Crippen LogP contribution in [-0.2, 0) is 16.0 Å². The molecule has 2 amide bonds. The van der Waals surface area contributed by atoms with Crippen LogP contribution < -0.4 is 5.32 Å². The molecule has 0 aliphatic carbocycles. The molecule has 1 aromatic rings. The van der Waals surface area contributed by atoms with Crippen LogP contribution in [0.2, 0.25) is 0 Å². The minimum Gasteiger partial charge on any atom is -0.481 e. The summed E-state index contributed by atoms with van der Waals surface area (Å²) in [6, 6.07) is -0.464. The van der Waals surface area contributed by atoms with Crippen molar-refractivity contribution in [2.24, 2.45) is 5.92 Å². The highest BCUT2D eigenvalue weighted by Crippen LogP contribution is 2.31. The first kappa shape index (κ1) is 19.0. The van der Waals surface area contributed by atoms with Gasteiger partial charge < -0.3 is 14.7 Å². The number of esters is 1. The molecule has 0 bridgehead atoms. The van der Waals surface area contributed by atoms with Crippen LogP contribution in [0.3, 0.4) is 0 Å². The fourth-order valence-corrected chi connectivity index (χ4v) is 2.91. The standard InChI is InChI=1S/C15H22N2O5S/c1-9(2)7-10-8-23-13(12(10)14(20)22-4)16-15(21)17(3)6-5-11(18)19/h8-9H,5-7H2,1-4H3,(H,16,21)(H,18,19). The fraction of sp³-hybridized carbons (Fsp3) is 0.533. The summed E-state index contributed by atoms with van der Waals surface area (Å²) in [6.45, 7) is 4.16. The van der Waals surface area contributed by atoms with E-state index in [1.54, 1.807) is 0 Å². The predicted molar refractivity (Wildman–Crippen MR) is 88.1 cm³/mol. The van der Waals surface area contributed by atoms with E-state index in [1.807, 2.05) is 19.2 Å². The van der Waals surface area contributed by atoms with Gasteiger partial charge in [-0.05, 0) is 23.3 Å². The number of amides is 2. The lowest BCUT2D eigenvalue weighted by atomic mass is 10.0. The summed E-state index contributed by atoms with van der Waals surface area (Å²) in [4.78, 5) is 35.9. The van der Waals surface area contributed by atoms with Crippen molar-refractivity contribution in [2.75, 3.05) is 26.0 Å². The largest absolute Gasteiger partial charge is 0.481 e. The van der Waals surface area contributed by atoms with Crippen molar-refractivity contribution < 1.29 is 24.2 Å². The van der Waals surface area contributed by atoms with Gasteiger partial charge in [0.2, 0.25) is 0 Å². The van der Waals surface area contributed by atoms with Gasteiger partial charge in [0.1, 0.15) is 5.00 Å². The van der Waals surface area contributed by atoms with Gasteiger partial charge in [-0.2, -0.15) is 0 Å². The van der Waals surface area contributed by atoms with Crippen LogP contribution in [0.4, 0.5) is 9.80 Å². The zero-order chi connectivity index (χ0) is 17.6. The number of urea groups is 1. The molecule has 0 aliphatic heterocycles. The van der Waals surface area contributed by atoms with E-state index in [4.69, 9.17) is 9.84 Å². The lowest BCUT2D eigenvalue weighted by molar-refractivity contribution is -0.137. The number of carboxylic acids is 1. The second-order valence-electron chi connectivity index (χ2n) is 5.55. The van der Waals surface area contributed by atoms with Gasteiger partial charge in [-0.3, -0.25) is 10.1 Å². The smallest absolute Gasteiger partial charge is 0.341 e. The van der Waals surface area contributed by atoms with Crippen molar-refractivity contribution >= 4 is 34.3 Å². The second kappa shape index (κ2) is 8.52. The van der Waals surface area contributed by atoms with E-state index < -0.39 is 18.0 Å². The number of hydrogen-bond donors (Lipinski definition) is 2. The Morgan fingerprint density at radius 1 is 1.39 bits per heavy atom. The summed E-state index contributed by atoms with van der Waals surface area (Å²) in [6.07, 6.45) is 0.558. The van der Waals surface area contributed by atoms with Crippen LogP contribution in [0.25, 0.3) is 0 Å². The maximum atomic E-state index is 12.1. The number of aliphatic carboxylic acids is 1. The maximum absolute atomic E-state index is 12.1. The Kier molecular flexibility index (Phi) is 7.02. The van der Waals surface area contributed by atoms with Crippen LogP contribution in [0.1, 0.15) is 36.2 Å². The molecule has 23 heavy (non-hydrogen) atoms. The molecule has 7 nitrogen and oxygen atoms in total. The minimum atomic E-state index is -0.977. The SMILES string of the molecule is COC(=O)c1c(CC(C)C)csc1NC(=O)N(C)CCC(=O)O. The molecular formula is C15H22N2O5S. The van der Waals surface area contributed by atoms with Gasteiger partial charge in [-0.15, -0.1) is 11.3 Å². The number of nitrogens with zero attached hydrogens (tertiary/aromatic N) is 1. The van der Waals surface area contributed by atoms with E-state index in [0.717, 1.165) is 5.56 Å². The van der Waals surface area contributed by atoms with Crippen molar-refractivity contribution in [3.8, 4) is 0 Å². The minimum absolute atomic E-state index is 0.0823. The zero-order valence-electron chi connectivity index (χ0n) is 13.7. The number of carbonyl (C=O) groups excluding carboxylic acids is 2. The first-order valence-corrected chi connectivity index (χ1v) is 8.06. The Labute approximate surface area is 139 Å². The van der Waals surface area contributed by atoms with Crippen LogP contribution in [0.15, 0.2) is 5.38 Å². The van der Waals surface area contributed by atoms with E-state index >= 15 is 0 Å². The highest BCUT2D eigenvalue weighted by Gasteiger charge is 2.22. The lowest BCUT2D eigenvalue weighted by Crippen LogP contribution is -2.33. The molecule has 1 rings (SSSR count). The number of hydrogen-bond acceptors (Lipinski definition) is 5. The molecule has 128 valence electrons. The Morgan fingerprint density at radius 2 is 2.04 bits per heavy atom. The maximum Gasteiger partial charge on any atom is 0.341 e. The Balaban J connectivity index is 2.90. The number of anilines is 1. The molecule has 0 unspecified atom stereocenters. The van der Waals surface area contributed by atoms with E-state index in [0.29, 0.717) is 22.9 Å². The Bertz CT molecular complexity index is 582. The van der Waals surface area contributed by atoms with Gasteiger partial charge >= 0.3 is 18.0 Å². The van der Waals surface area contributed by atoms with Gasteiger partial charge in [0.25, 0.3) is 0 Å². The number of rotatable bonds is 7. The molecule has 0 radical (unpaired) electrons. The van der Waals surface area contributed by atoms with Gasteiger partial charge in [-0.1, -0.05) is 13.8 Å². The summed E-state index contributed by atoms with van der Waals surface area (Å²) in [5, 5.41) is 13.6. The van der Waals surface area contributed by atoms with E-state index in [9.17, 15) is 14.4 Å². The monoisotopic (exact) mass is 342 g/mol. The van der Waals surface area contributed by atoms with Gasteiger partial charge in [-0.25, -0.2) is 9.59 Å². The lowest BCUT2D eigenvalue weighted by Gasteiger charge is -2.17. The van der Waals surface area contributed by atoms with Crippen molar-refractivity contribution in [3.05, 3.63) is 16.5 Å². The molecule has 0 saturated heterocycles. The van der Waals surface area contributed by atoms with E-state index in [-0.39, 0.29) is 13.0 Å². The van der Waals surface area contributed by atoms with Crippen LogP contribution in [0, 0.1) is 5.92 Å². The van der Waals surface area contributed by atoms with E-state index in [1.165, 1.54) is 30.4 Å². The molecule has 1 heterocycles. The molecule has 0 saturated carbocycles. The second-order valence-corrected chi connectivity index (χ2v) is 6.43. The summed E-state index contributed by atoms with van der Waals surface area (Å²) < 4.78 is 4.80. The summed E-state index contributed by atoms with van der Waals surface area (Å²) in [5.41, 5.74) is 1.20. The van der Waals surface area contributed by atoms with Crippen molar-refractivity contribution in [2.45, 2.75) is 26.7 Å². The molecular weight excluding hydrogens is 320 g/mol. The van der Waals surface area contributed by atoms with Gasteiger partial charge in [0.05, 0.1) is 19.1 Å². The van der Waals surface area contributed by atoms with Crippen molar-refractivity contribution in [3.63, 3.8) is 0 Å². The Hall–Kier alpha value is -2.09. The summed E-state index contributed by atoms with van der Waals surface area (Å²) >= 11 is 1.26. The number of ether oxygens (including phenoxy) is 1. The van der Waals surface area contributed by atoms with Crippen molar-refractivity contribution in [1.29, 1.82) is 0 Å². The number of carbonyl (C=O) groups is 3. The van der Waals surface area contributed by atoms with Crippen LogP contribution in [-0.4, -0.2) is 48.7 Å². The summed E-state index contributed by atoms with van der Waals surface area (Å²) in [7, 11) is 2.79. The van der Waals surface area contributed by atoms with Crippen LogP contribution in [0.5, 0.6) is 0 Å². The number of carboxylic acid groups (broad SMARTS) is 1. The third-order valence-electron chi connectivity index (χ3n) is 3.11. The quantitative estimate of drug-likeness (QED) is 0.743. The third-order valence-corrected chi connectivity index (χ3v) is 4.06. The first-order chi connectivity index (χ1) is 10.8. The zero-order valence-corrected chi connectivity index (χ0v) is 14.5. The molecule has 0 atom stereocenters. The molecule has 0 aromatic carbocycles. The van der Waals surface area contributed by atoms with E-state index in [2.05, 4.69) is 5.32 Å². The summed E-state index contributed by atoms with van der Waals surface area (Å²) in [5.74, 6) is -1.12. The highest BCUT2D eigenvalue weighted by molar-refractivity contribution is 7.15. The van der Waals surface area contributed by atoms with Crippen molar-refractivity contribution in [1.82, 2.24) is 4.90 Å². The molecule has 1 aromatic heterocycles. The number of methoxy groups -OCH3 is 1. The number of thiophene rings is 1. The molecule has 2 N–H and O–H groups in total. The van der Waals surface area contributed by atoms with Gasteiger partial charge in [0.15, 0.2) is 0 Å². The third kappa shape index (κ3) is 5.55. The predicted octanol–water partition coefficient (Wildman–Crippen LogP) is 2.67. The molecule has 0 spiro atoms. The average Bonchev–Trinajstić information content (AvgIpc) is 2.85. The first-order valence-electron chi connectivity index (χ1n) is 7.18. The number of nitrogens with one attached hydrogen (secondary N) is 1. The topological polar surface area (TPSA) is 95.9 Å². The fourth-order valence-electron chi connectivity index (χ4n) is 1.96. The highest BCUT2D eigenvalue weighted by atomic mass is 32.1. The molecule has 0 fully saturated rings. The van der Waals surface area contributed by atoms with Gasteiger partial charge in [0, 0.05) is 13.6 Å². The molecule has 0 aliphatic rings. The molecule has 8 heteroatoms. The van der Waals surface area contributed by atoms with Crippen LogP contribution >= 0.6 is 11.3 Å². The average molecular weight is 342 g/mol.